The van der Waals surface area contributed by atoms with Crippen molar-refractivity contribution in [2.75, 3.05) is 26.2 Å². The number of rotatable bonds is 11. The summed E-state index contributed by atoms with van der Waals surface area (Å²) < 4.78 is 21.1. The molecule has 2 aromatic rings. The molecule has 2 saturated heterocycles. The molecule has 1 atom stereocenters. The first-order valence-corrected chi connectivity index (χ1v) is 16.0. The van der Waals surface area contributed by atoms with Crippen molar-refractivity contribution < 1.29 is 23.5 Å². The van der Waals surface area contributed by atoms with Crippen LogP contribution in [0.5, 0.6) is 5.75 Å². The van der Waals surface area contributed by atoms with Crippen molar-refractivity contribution in [3.8, 4) is 11.8 Å². The second-order valence-electron chi connectivity index (χ2n) is 12.7. The van der Waals surface area contributed by atoms with Crippen LogP contribution in [0.1, 0.15) is 73.5 Å². The lowest BCUT2D eigenvalue weighted by atomic mass is 10.0. The number of amides is 3. The molecule has 2 aromatic carbocycles. The Morgan fingerprint density at radius 3 is 2.48 bits per heavy atom. The zero-order chi connectivity index (χ0) is 32.8. The van der Waals surface area contributed by atoms with Gasteiger partial charge in [0.25, 0.3) is 5.91 Å². The van der Waals surface area contributed by atoms with E-state index in [9.17, 15) is 24.0 Å². The lowest BCUT2D eigenvalue weighted by Gasteiger charge is -2.36. The molecule has 242 valence electrons. The molecule has 1 unspecified atom stereocenters. The van der Waals surface area contributed by atoms with E-state index in [1.54, 1.807) is 19.1 Å². The van der Waals surface area contributed by atoms with E-state index in [4.69, 9.17) is 4.74 Å². The molecule has 0 bridgehead atoms. The summed E-state index contributed by atoms with van der Waals surface area (Å²) in [5.74, 6) is -0.220. The van der Waals surface area contributed by atoms with E-state index in [-0.39, 0.29) is 30.6 Å². The average molecular weight is 628 g/mol. The highest BCUT2D eigenvalue weighted by Gasteiger charge is 2.40. The number of piperazine rings is 1. The largest absolute Gasteiger partial charge is 0.489 e. The van der Waals surface area contributed by atoms with Crippen LogP contribution in [0.2, 0.25) is 0 Å². The standard InChI is InChI=1S/C36H42FN5O4/c1-24(2)7-8-28(20-38)19-31(37)25(3)41-17-15-40(16-18-41)21-26-9-11-27(12-10-26)23-46-33-6-4-5-29-30(33)22-42(36(29)45)32-13-14-34(43)39-35(32)44/h4-6,9-12,19,24,32H,7-8,13-18,21-23H2,1-3H3,(H,39,43,44)/b28-19+,31-25-. The van der Waals surface area contributed by atoms with Crippen LogP contribution in [0.15, 0.2) is 65.6 Å². The summed E-state index contributed by atoms with van der Waals surface area (Å²) in [4.78, 5) is 43.0. The van der Waals surface area contributed by atoms with Gasteiger partial charge in [0, 0.05) is 61.5 Å². The minimum atomic E-state index is -0.665. The number of imide groups is 1. The zero-order valence-corrected chi connectivity index (χ0v) is 26.9. The molecule has 46 heavy (non-hydrogen) atoms. The highest BCUT2D eigenvalue weighted by Crippen LogP contribution is 2.34. The predicted molar refractivity (Wildman–Crippen MR) is 172 cm³/mol. The fraction of sp³-hybridized carbons (Fsp3) is 0.444. The number of nitriles is 1. The first-order chi connectivity index (χ1) is 22.1. The number of allylic oxidation sites excluding steroid dienone is 4. The van der Waals surface area contributed by atoms with Crippen LogP contribution >= 0.6 is 0 Å². The third-order valence-corrected chi connectivity index (χ3v) is 8.99. The van der Waals surface area contributed by atoms with Gasteiger partial charge in [-0.25, -0.2) is 4.39 Å². The monoisotopic (exact) mass is 627 g/mol. The van der Waals surface area contributed by atoms with Crippen LogP contribution in [-0.4, -0.2) is 64.6 Å². The molecule has 3 amide bonds. The Morgan fingerprint density at radius 2 is 1.80 bits per heavy atom. The molecule has 0 saturated carbocycles. The fourth-order valence-corrected chi connectivity index (χ4v) is 6.11. The first-order valence-electron chi connectivity index (χ1n) is 16.0. The van der Waals surface area contributed by atoms with Crippen LogP contribution < -0.4 is 10.1 Å². The number of ether oxygens (including phenoxy) is 1. The van der Waals surface area contributed by atoms with Crippen molar-refractivity contribution in [3.05, 3.63) is 87.9 Å². The minimum Gasteiger partial charge on any atom is -0.489 e. The van der Waals surface area contributed by atoms with E-state index in [1.807, 2.05) is 18.2 Å². The van der Waals surface area contributed by atoms with E-state index in [2.05, 4.69) is 47.2 Å². The highest BCUT2D eigenvalue weighted by molar-refractivity contribution is 6.05. The number of fused-ring (bicyclic) bond motifs is 1. The molecule has 2 fully saturated rings. The lowest BCUT2D eigenvalue weighted by Crippen LogP contribution is -2.52. The van der Waals surface area contributed by atoms with Crippen LogP contribution in [0.25, 0.3) is 0 Å². The number of nitrogens with zero attached hydrogens (tertiary/aromatic N) is 4. The molecule has 5 rings (SSSR count). The van der Waals surface area contributed by atoms with Crippen molar-refractivity contribution in [1.29, 1.82) is 5.26 Å². The van der Waals surface area contributed by atoms with E-state index in [1.165, 1.54) is 16.5 Å². The number of hydrogen-bond acceptors (Lipinski definition) is 7. The number of hydrogen-bond donors (Lipinski definition) is 1. The summed E-state index contributed by atoms with van der Waals surface area (Å²) in [6, 6.07) is 15.1. The van der Waals surface area contributed by atoms with E-state index >= 15 is 0 Å². The molecular weight excluding hydrogens is 585 g/mol. The van der Waals surface area contributed by atoms with Gasteiger partial charge in [-0.05, 0) is 61.4 Å². The highest BCUT2D eigenvalue weighted by atomic mass is 19.1. The molecule has 3 heterocycles. The first kappa shape index (κ1) is 32.9. The second kappa shape index (κ2) is 14.7. The van der Waals surface area contributed by atoms with Gasteiger partial charge in [0.1, 0.15) is 24.2 Å². The van der Waals surface area contributed by atoms with Crippen LogP contribution in [-0.2, 0) is 29.3 Å². The Bertz CT molecular complexity index is 1570. The Balaban J connectivity index is 1.12. The van der Waals surface area contributed by atoms with Gasteiger partial charge in [0.15, 0.2) is 0 Å². The summed E-state index contributed by atoms with van der Waals surface area (Å²) in [6.45, 7) is 10.4. The fourth-order valence-electron chi connectivity index (χ4n) is 6.11. The third-order valence-electron chi connectivity index (χ3n) is 8.99. The van der Waals surface area contributed by atoms with Gasteiger partial charge in [-0.15, -0.1) is 0 Å². The molecule has 0 radical (unpaired) electrons. The maximum absolute atomic E-state index is 14.9. The minimum absolute atomic E-state index is 0.213. The molecule has 3 aliphatic heterocycles. The summed E-state index contributed by atoms with van der Waals surface area (Å²) in [5.41, 5.74) is 4.51. The van der Waals surface area contributed by atoms with Crippen LogP contribution in [0, 0.1) is 17.2 Å². The van der Waals surface area contributed by atoms with Crippen molar-refractivity contribution >= 4 is 17.7 Å². The summed E-state index contributed by atoms with van der Waals surface area (Å²) in [5, 5.41) is 11.7. The van der Waals surface area contributed by atoms with Gasteiger partial charge in [-0.1, -0.05) is 44.2 Å². The second-order valence-corrected chi connectivity index (χ2v) is 12.7. The molecule has 3 aliphatic rings. The quantitative estimate of drug-likeness (QED) is 0.207. The Labute approximate surface area is 270 Å². The van der Waals surface area contributed by atoms with Gasteiger partial charge in [0.2, 0.25) is 11.8 Å². The number of carbonyl (C=O) groups excluding carboxylic acids is 3. The zero-order valence-electron chi connectivity index (χ0n) is 26.9. The molecular formula is C36H42FN5O4. The maximum Gasteiger partial charge on any atom is 0.255 e. The Morgan fingerprint density at radius 1 is 1.09 bits per heavy atom. The Kier molecular flexibility index (Phi) is 10.5. The maximum atomic E-state index is 14.9. The van der Waals surface area contributed by atoms with Gasteiger partial charge in [-0.3, -0.25) is 24.6 Å². The van der Waals surface area contributed by atoms with Crippen LogP contribution in [0.4, 0.5) is 4.39 Å². The van der Waals surface area contributed by atoms with Gasteiger partial charge >= 0.3 is 0 Å². The summed E-state index contributed by atoms with van der Waals surface area (Å²) in [6.07, 6.45) is 3.38. The predicted octanol–water partition coefficient (Wildman–Crippen LogP) is 5.23. The molecule has 1 N–H and O–H groups in total. The van der Waals surface area contributed by atoms with Crippen molar-refractivity contribution in [3.63, 3.8) is 0 Å². The number of nitrogens with one attached hydrogen (secondary N) is 1. The molecule has 0 spiro atoms. The van der Waals surface area contributed by atoms with Gasteiger partial charge in [-0.2, -0.15) is 5.26 Å². The smallest absolute Gasteiger partial charge is 0.255 e. The average Bonchev–Trinajstić information content (AvgIpc) is 3.38. The van der Waals surface area contributed by atoms with E-state index in [0.717, 1.165) is 50.3 Å². The third kappa shape index (κ3) is 7.83. The van der Waals surface area contributed by atoms with Crippen molar-refractivity contribution in [1.82, 2.24) is 20.0 Å². The summed E-state index contributed by atoms with van der Waals surface area (Å²) in [7, 11) is 0. The number of piperidine rings is 1. The SMILES string of the molecule is C/C(=C(F)\C=C(\C#N)CCC(C)C)N1CCN(Cc2ccc(COc3cccc4c3CN(C3CCC(=O)NC3=O)C4=O)cc2)CC1. The van der Waals surface area contributed by atoms with Gasteiger partial charge in [0.05, 0.1) is 12.6 Å². The van der Waals surface area contributed by atoms with E-state index < -0.39 is 11.9 Å². The molecule has 0 aromatic heterocycles. The number of halogens is 1. The number of benzene rings is 2. The van der Waals surface area contributed by atoms with E-state index in [0.29, 0.717) is 47.9 Å². The molecule has 0 aliphatic carbocycles. The normalized spacial score (nSPS) is 19.6. The summed E-state index contributed by atoms with van der Waals surface area (Å²) >= 11 is 0. The number of carbonyl (C=O) groups is 3. The van der Waals surface area contributed by atoms with Crippen LogP contribution in [0.3, 0.4) is 0 Å². The van der Waals surface area contributed by atoms with Gasteiger partial charge < -0.3 is 14.5 Å². The topological polar surface area (TPSA) is 106 Å². The molecule has 9 nitrogen and oxygen atoms in total. The lowest BCUT2D eigenvalue weighted by molar-refractivity contribution is -0.136. The van der Waals surface area contributed by atoms with Crippen molar-refractivity contribution in [2.45, 2.75) is 72.2 Å². The molecule has 10 heteroatoms. The Hall–Kier alpha value is -4.49. The van der Waals surface area contributed by atoms with Crippen molar-refractivity contribution in [2.24, 2.45) is 5.92 Å².